The molecule has 1 aromatic rings. The van der Waals surface area contributed by atoms with Crippen LogP contribution >= 0.6 is 0 Å². The lowest BCUT2D eigenvalue weighted by Crippen LogP contribution is -2.46. The van der Waals surface area contributed by atoms with Crippen LogP contribution in [0.3, 0.4) is 0 Å². The van der Waals surface area contributed by atoms with Gasteiger partial charge in [0.15, 0.2) is 0 Å². The number of amides is 1. The van der Waals surface area contributed by atoms with Gasteiger partial charge in [0.05, 0.1) is 16.4 Å². The predicted octanol–water partition coefficient (Wildman–Crippen LogP) is 1.32. The molecule has 0 bridgehead atoms. The molecule has 146 valence electrons. The number of hydrogen-bond acceptors (Lipinski definition) is 4. The van der Waals surface area contributed by atoms with Gasteiger partial charge >= 0.3 is 6.18 Å². The summed E-state index contributed by atoms with van der Waals surface area (Å²) in [6.07, 6.45) is -4.17. The molecule has 0 spiro atoms. The summed E-state index contributed by atoms with van der Waals surface area (Å²) in [5.41, 5.74) is 3.65. The highest BCUT2D eigenvalue weighted by Crippen LogP contribution is 2.34. The van der Waals surface area contributed by atoms with Crippen LogP contribution in [0.4, 0.5) is 17.6 Å². The van der Waals surface area contributed by atoms with Crippen molar-refractivity contribution in [2.24, 2.45) is 11.7 Å². The Hall–Kier alpha value is -1.72. The van der Waals surface area contributed by atoms with Gasteiger partial charge in [0, 0.05) is 26.2 Å². The first-order valence-electron chi connectivity index (χ1n) is 7.92. The number of carbonyl (C=O) groups excluding carboxylic acids is 1. The normalized spacial score (nSPS) is 19.3. The van der Waals surface area contributed by atoms with Gasteiger partial charge in [0.2, 0.25) is 15.9 Å². The second-order valence-electron chi connectivity index (χ2n) is 5.92. The van der Waals surface area contributed by atoms with Crippen LogP contribution in [0.15, 0.2) is 23.1 Å². The maximum Gasteiger partial charge on any atom is 0.419 e. The van der Waals surface area contributed by atoms with E-state index in [1.54, 1.807) is 0 Å². The molecule has 11 heteroatoms. The summed E-state index contributed by atoms with van der Waals surface area (Å²) in [6.45, 7) is 0.393. The van der Waals surface area contributed by atoms with Gasteiger partial charge in [-0.3, -0.25) is 4.79 Å². The van der Waals surface area contributed by atoms with E-state index in [0.29, 0.717) is 18.9 Å². The van der Waals surface area contributed by atoms with Gasteiger partial charge < -0.3 is 11.1 Å². The summed E-state index contributed by atoms with van der Waals surface area (Å²) in [7, 11) is -4.29. The SMILES string of the molecule is NCCNC(=O)C1CCCN(S(=O)(=O)c2ccc(F)c(C(F)(F)F)c2)C1. The standard InChI is InChI=1S/C15H19F4N3O3S/c16-13-4-3-11(8-12(13)15(17,18)19)26(24,25)22-7-1-2-10(9-22)14(23)21-6-5-20/h3-4,8,10H,1-2,5-7,9,20H2,(H,21,23). The molecule has 26 heavy (non-hydrogen) atoms. The van der Waals surface area contributed by atoms with Crippen molar-refractivity contribution in [3.8, 4) is 0 Å². The Morgan fingerprint density at radius 3 is 2.65 bits per heavy atom. The second-order valence-corrected chi connectivity index (χ2v) is 7.86. The van der Waals surface area contributed by atoms with Gasteiger partial charge in [-0.1, -0.05) is 0 Å². The summed E-state index contributed by atoms with van der Waals surface area (Å²) in [6, 6.07) is 1.55. The van der Waals surface area contributed by atoms with Crippen molar-refractivity contribution in [1.82, 2.24) is 9.62 Å². The molecule has 6 nitrogen and oxygen atoms in total. The Morgan fingerprint density at radius 2 is 2.04 bits per heavy atom. The van der Waals surface area contributed by atoms with Gasteiger partial charge in [0.1, 0.15) is 5.82 Å². The van der Waals surface area contributed by atoms with E-state index in [2.05, 4.69) is 5.32 Å². The zero-order valence-electron chi connectivity index (χ0n) is 13.7. The number of piperidine rings is 1. The zero-order valence-corrected chi connectivity index (χ0v) is 14.5. The van der Waals surface area contributed by atoms with Crippen molar-refractivity contribution in [3.63, 3.8) is 0 Å². The second kappa shape index (κ2) is 7.89. The minimum Gasteiger partial charge on any atom is -0.355 e. The number of nitrogens with zero attached hydrogens (tertiary/aromatic N) is 1. The maximum absolute atomic E-state index is 13.4. The summed E-state index contributed by atoms with van der Waals surface area (Å²) < 4.78 is 78.1. The molecule has 0 radical (unpaired) electrons. The van der Waals surface area contributed by atoms with Crippen LogP contribution in [0.1, 0.15) is 18.4 Å². The number of halogens is 4. The zero-order chi connectivity index (χ0) is 19.5. The molecule has 1 atom stereocenters. The quantitative estimate of drug-likeness (QED) is 0.733. The van der Waals surface area contributed by atoms with Crippen LogP contribution in [-0.4, -0.2) is 44.8 Å². The summed E-state index contributed by atoms with van der Waals surface area (Å²) in [4.78, 5) is 11.4. The topological polar surface area (TPSA) is 92.5 Å². The molecule has 1 aromatic carbocycles. The predicted molar refractivity (Wildman–Crippen MR) is 84.9 cm³/mol. The van der Waals surface area contributed by atoms with Crippen molar-refractivity contribution < 1.29 is 30.8 Å². The van der Waals surface area contributed by atoms with Crippen molar-refractivity contribution in [3.05, 3.63) is 29.6 Å². The van der Waals surface area contributed by atoms with Crippen LogP contribution in [-0.2, 0) is 21.0 Å². The lowest BCUT2D eigenvalue weighted by molar-refractivity contribution is -0.140. The summed E-state index contributed by atoms with van der Waals surface area (Å²) in [5, 5.41) is 2.57. The Balaban J connectivity index is 2.26. The van der Waals surface area contributed by atoms with E-state index in [1.807, 2.05) is 0 Å². The van der Waals surface area contributed by atoms with Gasteiger partial charge in [-0.15, -0.1) is 0 Å². The first kappa shape index (κ1) is 20.6. The van der Waals surface area contributed by atoms with Crippen molar-refractivity contribution in [1.29, 1.82) is 0 Å². The minimum atomic E-state index is -5.01. The average molecular weight is 397 g/mol. The molecule has 0 saturated carbocycles. The van der Waals surface area contributed by atoms with E-state index in [-0.39, 0.29) is 38.2 Å². The number of benzene rings is 1. The van der Waals surface area contributed by atoms with Crippen LogP contribution in [0.25, 0.3) is 0 Å². The average Bonchev–Trinajstić information content (AvgIpc) is 2.59. The Labute approximate surface area is 148 Å². The maximum atomic E-state index is 13.4. The van der Waals surface area contributed by atoms with Crippen LogP contribution in [0.2, 0.25) is 0 Å². The molecule has 3 N–H and O–H groups in total. The molecule has 0 aliphatic carbocycles. The number of alkyl halides is 3. The highest BCUT2D eigenvalue weighted by Gasteiger charge is 2.37. The molecule has 1 heterocycles. The molecular weight excluding hydrogens is 378 g/mol. The molecule has 1 fully saturated rings. The third kappa shape index (κ3) is 4.51. The van der Waals surface area contributed by atoms with Gasteiger partial charge in [0.25, 0.3) is 0 Å². The molecule has 1 amide bonds. The monoisotopic (exact) mass is 397 g/mol. The van der Waals surface area contributed by atoms with E-state index in [4.69, 9.17) is 5.73 Å². The first-order chi connectivity index (χ1) is 12.1. The van der Waals surface area contributed by atoms with E-state index < -0.39 is 38.4 Å². The molecule has 0 aromatic heterocycles. The van der Waals surface area contributed by atoms with Crippen LogP contribution in [0.5, 0.6) is 0 Å². The van der Waals surface area contributed by atoms with E-state index in [9.17, 15) is 30.8 Å². The summed E-state index contributed by atoms with van der Waals surface area (Å²) >= 11 is 0. The van der Waals surface area contributed by atoms with Crippen molar-refractivity contribution in [2.75, 3.05) is 26.2 Å². The van der Waals surface area contributed by atoms with Gasteiger partial charge in [-0.05, 0) is 31.0 Å². The third-order valence-corrected chi connectivity index (χ3v) is 5.94. The fourth-order valence-corrected chi connectivity index (χ4v) is 4.30. The number of nitrogens with two attached hydrogens (primary N) is 1. The number of hydrogen-bond donors (Lipinski definition) is 2. The van der Waals surface area contributed by atoms with Crippen LogP contribution in [0, 0.1) is 11.7 Å². The Morgan fingerprint density at radius 1 is 1.35 bits per heavy atom. The van der Waals surface area contributed by atoms with E-state index in [0.717, 1.165) is 10.4 Å². The van der Waals surface area contributed by atoms with Crippen molar-refractivity contribution >= 4 is 15.9 Å². The number of nitrogens with one attached hydrogen (secondary N) is 1. The first-order valence-corrected chi connectivity index (χ1v) is 9.36. The largest absolute Gasteiger partial charge is 0.419 e. The van der Waals surface area contributed by atoms with E-state index in [1.165, 1.54) is 0 Å². The third-order valence-electron chi connectivity index (χ3n) is 4.08. The lowest BCUT2D eigenvalue weighted by Gasteiger charge is -2.31. The minimum absolute atomic E-state index is 0.0712. The Kier molecular flexibility index (Phi) is 6.25. The van der Waals surface area contributed by atoms with Crippen LogP contribution < -0.4 is 11.1 Å². The number of rotatable bonds is 5. The van der Waals surface area contributed by atoms with E-state index >= 15 is 0 Å². The Bertz CT molecular complexity index is 768. The highest BCUT2D eigenvalue weighted by molar-refractivity contribution is 7.89. The number of carbonyl (C=O) groups is 1. The molecule has 2 rings (SSSR count). The molecule has 1 unspecified atom stereocenters. The van der Waals surface area contributed by atoms with Gasteiger partial charge in [-0.25, -0.2) is 12.8 Å². The molecule has 1 aliphatic heterocycles. The summed E-state index contributed by atoms with van der Waals surface area (Å²) in [5.74, 6) is -2.52. The smallest absolute Gasteiger partial charge is 0.355 e. The fourth-order valence-electron chi connectivity index (χ4n) is 2.75. The molecular formula is C15H19F4N3O3S. The number of sulfonamides is 1. The molecule has 1 saturated heterocycles. The fraction of sp³-hybridized carbons (Fsp3) is 0.533. The molecule has 1 aliphatic rings. The van der Waals surface area contributed by atoms with Crippen molar-refractivity contribution in [2.45, 2.75) is 23.9 Å². The van der Waals surface area contributed by atoms with Gasteiger partial charge in [-0.2, -0.15) is 17.5 Å². The lowest BCUT2D eigenvalue weighted by atomic mass is 9.99. The highest BCUT2D eigenvalue weighted by atomic mass is 32.2.